The van der Waals surface area contributed by atoms with Crippen LogP contribution in [0.4, 0.5) is 0 Å². The summed E-state index contributed by atoms with van der Waals surface area (Å²) in [6.45, 7) is 7.65. The van der Waals surface area contributed by atoms with Gasteiger partial charge >= 0.3 is 8.80 Å². The summed E-state index contributed by atoms with van der Waals surface area (Å²) in [4.78, 5) is 0. The van der Waals surface area contributed by atoms with Crippen LogP contribution < -0.4 is 11.1 Å². The van der Waals surface area contributed by atoms with Crippen LogP contribution in [0.5, 0.6) is 0 Å². The van der Waals surface area contributed by atoms with E-state index in [1.807, 2.05) is 13.8 Å². The zero-order valence-corrected chi connectivity index (χ0v) is 11.8. The molecule has 0 aromatic carbocycles. The molecule has 0 atom stereocenters. The van der Waals surface area contributed by atoms with Crippen molar-refractivity contribution in [3.05, 3.63) is 0 Å². The van der Waals surface area contributed by atoms with E-state index in [2.05, 4.69) is 5.32 Å². The van der Waals surface area contributed by atoms with Crippen molar-refractivity contribution in [3.63, 3.8) is 0 Å². The van der Waals surface area contributed by atoms with E-state index in [-0.39, 0.29) is 0 Å². The predicted molar refractivity (Wildman–Crippen MR) is 67.4 cm³/mol. The van der Waals surface area contributed by atoms with Gasteiger partial charge in [0.25, 0.3) is 0 Å². The third-order valence-corrected chi connectivity index (χ3v) is 5.24. The van der Waals surface area contributed by atoms with E-state index in [4.69, 9.17) is 19.0 Å². The zero-order chi connectivity index (χ0) is 12.3. The van der Waals surface area contributed by atoms with Gasteiger partial charge in [-0.2, -0.15) is 0 Å². The minimum atomic E-state index is -2.40. The highest BCUT2D eigenvalue weighted by Crippen LogP contribution is 2.16. The minimum absolute atomic E-state index is 0.635. The molecule has 0 aromatic rings. The molecular weight excluding hydrogens is 224 g/mol. The standard InChI is InChI=1S/C10H26N2O3Si/c1-4-14-16(13-3,15-5-2)10-6-8-12-9-7-11/h12H,4-11H2,1-3H3. The van der Waals surface area contributed by atoms with Gasteiger partial charge in [0.2, 0.25) is 0 Å². The molecule has 0 saturated carbocycles. The van der Waals surface area contributed by atoms with E-state index in [1.165, 1.54) is 0 Å². The smallest absolute Gasteiger partial charge is 0.377 e. The van der Waals surface area contributed by atoms with Gasteiger partial charge in [-0.3, -0.25) is 0 Å². The molecule has 0 radical (unpaired) electrons. The Balaban J connectivity index is 3.89. The first-order valence-electron chi connectivity index (χ1n) is 5.98. The van der Waals surface area contributed by atoms with Crippen molar-refractivity contribution in [1.82, 2.24) is 5.32 Å². The van der Waals surface area contributed by atoms with Gasteiger partial charge in [-0.05, 0) is 26.8 Å². The predicted octanol–water partition coefficient (Wildman–Crippen LogP) is 0.583. The molecule has 0 bridgehead atoms. The molecule has 3 N–H and O–H groups in total. The molecule has 0 aliphatic heterocycles. The summed E-state index contributed by atoms with van der Waals surface area (Å²) in [6, 6.07) is 0.850. The zero-order valence-electron chi connectivity index (χ0n) is 10.8. The van der Waals surface area contributed by atoms with E-state index in [0.29, 0.717) is 19.8 Å². The molecule has 98 valence electrons. The molecular formula is C10H26N2O3Si. The Bertz CT molecular complexity index is 155. The monoisotopic (exact) mass is 250 g/mol. The molecule has 16 heavy (non-hydrogen) atoms. The topological polar surface area (TPSA) is 65.7 Å². The van der Waals surface area contributed by atoms with Gasteiger partial charge in [-0.25, -0.2) is 0 Å². The van der Waals surface area contributed by atoms with Crippen LogP contribution in [-0.4, -0.2) is 48.8 Å². The van der Waals surface area contributed by atoms with Crippen LogP contribution in [0.1, 0.15) is 20.3 Å². The molecule has 0 spiro atoms. The van der Waals surface area contributed by atoms with E-state index in [9.17, 15) is 0 Å². The maximum Gasteiger partial charge on any atom is 0.500 e. The second-order valence-corrected chi connectivity index (χ2v) is 6.25. The Labute approximate surface area is 100 Å². The summed E-state index contributed by atoms with van der Waals surface area (Å²) >= 11 is 0. The first kappa shape index (κ1) is 16.0. The van der Waals surface area contributed by atoms with Crippen molar-refractivity contribution >= 4 is 8.80 Å². The van der Waals surface area contributed by atoms with Crippen LogP contribution in [0, 0.1) is 0 Å². The fourth-order valence-electron chi connectivity index (χ4n) is 1.50. The second-order valence-electron chi connectivity index (χ2n) is 3.40. The van der Waals surface area contributed by atoms with Gasteiger partial charge in [0.1, 0.15) is 0 Å². The van der Waals surface area contributed by atoms with Crippen LogP contribution >= 0.6 is 0 Å². The summed E-state index contributed by atoms with van der Waals surface area (Å²) in [7, 11) is -0.729. The molecule has 0 aliphatic carbocycles. The van der Waals surface area contributed by atoms with Crippen molar-refractivity contribution in [2.45, 2.75) is 26.3 Å². The molecule has 5 nitrogen and oxygen atoms in total. The summed E-state index contributed by atoms with van der Waals surface area (Å²) in [5.74, 6) is 0. The van der Waals surface area contributed by atoms with Crippen molar-refractivity contribution in [1.29, 1.82) is 0 Å². The summed E-state index contributed by atoms with van der Waals surface area (Å²) in [6.07, 6.45) is 0.986. The Morgan fingerprint density at radius 2 is 1.75 bits per heavy atom. The lowest BCUT2D eigenvalue weighted by Gasteiger charge is -2.27. The van der Waals surface area contributed by atoms with Gasteiger partial charge in [0.05, 0.1) is 0 Å². The largest absolute Gasteiger partial charge is 0.500 e. The molecule has 0 aromatic heterocycles. The molecule has 6 heteroatoms. The Hall–Kier alpha value is 0.0169. The van der Waals surface area contributed by atoms with Gasteiger partial charge in [-0.1, -0.05) is 0 Å². The lowest BCUT2D eigenvalue weighted by atomic mass is 10.5. The molecule has 0 amide bonds. The Kier molecular flexibility index (Phi) is 10.2. The summed E-state index contributed by atoms with van der Waals surface area (Å²) in [5, 5.41) is 3.25. The molecule has 0 aliphatic rings. The van der Waals surface area contributed by atoms with E-state index >= 15 is 0 Å². The number of nitrogens with one attached hydrogen (secondary N) is 1. The number of hydrogen-bond acceptors (Lipinski definition) is 5. The van der Waals surface area contributed by atoms with Crippen molar-refractivity contribution in [3.8, 4) is 0 Å². The number of nitrogens with two attached hydrogens (primary N) is 1. The van der Waals surface area contributed by atoms with Crippen LogP contribution in [0.2, 0.25) is 6.04 Å². The average Bonchev–Trinajstić information content (AvgIpc) is 2.29. The molecule has 0 unspecified atom stereocenters. The van der Waals surface area contributed by atoms with Gasteiger partial charge < -0.3 is 24.3 Å². The van der Waals surface area contributed by atoms with Crippen molar-refractivity contribution in [2.24, 2.45) is 5.73 Å². The SMILES string of the molecule is CCO[Si](CCCNCCN)(OC)OCC. The van der Waals surface area contributed by atoms with Crippen LogP contribution in [0.3, 0.4) is 0 Å². The van der Waals surface area contributed by atoms with Crippen molar-refractivity contribution < 1.29 is 13.3 Å². The summed E-state index contributed by atoms with van der Waals surface area (Å²) < 4.78 is 16.8. The normalized spacial score (nSPS) is 12.0. The van der Waals surface area contributed by atoms with E-state index in [0.717, 1.165) is 25.6 Å². The molecule has 0 heterocycles. The molecule has 0 saturated heterocycles. The van der Waals surface area contributed by atoms with Gasteiger partial charge in [-0.15, -0.1) is 0 Å². The number of rotatable bonds is 11. The molecule has 0 fully saturated rings. The van der Waals surface area contributed by atoms with Crippen LogP contribution in [0.25, 0.3) is 0 Å². The van der Waals surface area contributed by atoms with Gasteiger partial charge in [0.15, 0.2) is 0 Å². The second kappa shape index (κ2) is 10.2. The lowest BCUT2D eigenvalue weighted by molar-refractivity contribution is 0.0861. The third kappa shape index (κ3) is 6.57. The Morgan fingerprint density at radius 1 is 1.12 bits per heavy atom. The molecule has 0 rings (SSSR count). The average molecular weight is 250 g/mol. The first-order chi connectivity index (χ1) is 7.74. The van der Waals surface area contributed by atoms with Crippen LogP contribution in [0.15, 0.2) is 0 Å². The van der Waals surface area contributed by atoms with Gasteiger partial charge in [0, 0.05) is 39.5 Å². The number of hydrogen-bond donors (Lipinski definition) is 2. The lowest BCUT2D eigenvalue weighted by Crippen LogP contribution is -2.45. The fraction of sp³-hybridized carbons (Fsp3) is 1.00. The maximum absolute atomic E-state index is 5.67. The third-order valence-electron chi connectivity index (χ3n) is 2.20. The fourth-order valence-corrected chi connectivity index (χ4v) is 3.80. The Morgan fingerprint density at radius 3 is 2.19 bits per heavy atom. The summed E-state index contributed by atoms with van der Waals surface area (Å²) in [5.41, 5.74) is 5.39. The maximum atomic E-state index is 5.67. The highest BCUT2D eigenvalue weighted by Gasteiger charge is 2.38. The van der Waals surface area contributed by atoms with E-state index < -0.39 is 8.80 Å². The highest BCUT2D eigenvalue weighted by molar-refractivity contribution is 6.60. The van der Waals surface area contributed by atoms with Crippen LogP contribution in [-0.2, 0) is 13.3 Å². The van der Waals surface area contributed by atoms with E-state index in [1.54, 1.807) is 7.11 Å². The quantitative estimate of drug-likeness (QED) is 0.415. The minimum Gasteiger partial charge on any atom is -0.377 e. The first-order valence-corrected chi connectivity index (χ1v) is 7.91. The van der Waals surface area contributed by atoms with Crippen molar-refractivity contribution in [2.75, 3.05) is 40.0 Å². The highest BCUT2D eigenvalue weighted by atomic mass is 28.4.